The third kappa shape index (κ3) is 2.40. The van der Waals surface area contributed by atoms with Gasteiger partial charge in [0.05, 0.1) is 12.7 Å². The summed E-state index contributed by atoms with van der Waals surface area (Å²) >= 11 is 0. The van der Waals surface area contributed by atoms with Crippen molar-refractivity contribution < 1.29 is 19.1 Å². The minimum absolute atomic E-state index is 0.121. The number of ether oxygens (including phenoxy) is 1. The minimum Gasteiger partial charge on any atom is -0.453 e. The molecule has 1 aliphatic rings. The predicted molar refractivity (Wildman–Crippen MR) is 72.7 cm³/mol. The van der Waals surface area contributed by atoms with E-state index in [9.17, 15) is 14.4 Å². The van der Waals surface area contributed by atoms with Crippen LogP contribution in [0.15, 0.2) is 29.8 Å². The maximum absolute atomic E-state index is 12.3. The number of carbonyl (C=O) groups is 3. The van der Waals surface area contributed by atoms with Gasteiger partial charge < -0.3 is 10.1 Å². The number of anilines is 1. The number of allylic oxidation sites excluding steroid dienone is 1. The molecule has 1 aromatic rings. The number of methoxy groups -OCH3 is 1. The first-order valence-electron chi connectivity index (χ1n) is 6.02. The quantitative estimate of drug-likeness (QED) is 0.795. The van der Waals surface area contributed by atoms with Gasteiger partial charge in [-0.15, -0.1) is 0 Å². The molecule has 0 radical (unpaired) electrons. The van der Waals surface area contributed by atoms with E-state index in [1.165, 1.54) is 14.2 Å². The number of nitrogens with one attached hydrogen (secondary N) is 2. The van der Waals surface area contributed by atoms with E-state index in [4.69, 9.17) is 0 Å². The summed E-state index contributed by atoms with van der Waals surface area (Å²) in [5.41, 5.74) is 1.72. The van der Waals surface area contributed by atoms with Crippen LogP contribution in [-0.2, 0) is 16.0 Å². The zero-order valence-corrected chi connectivity index (χ0v) is 11.1. The number of ketones is 1. The van der Waals surface area contributed by atoms with Gasteiger partial charge >= 0.3 is 6.09 Å². The number of benzene rings is 1. The van der Waals surface area contributed by atoms with Gasteiger partial charge in [-0.25, -0.2) is 4.79 Å². The van der Waals surface area contributed by atoms with Gasteiger partial charge in [0.2, 0.25) is 0 Å². The van der Waals surface area contributed by atoms with Crippen LogP contribution in [0.1, 0.15) is 15.9 Å². The molecule has 0 saturated heterocycles. The van der Waals surface area contributed by atoms with Crippen molar-refractivity contribution in [2.75, 3.05) is 19.5 Å². The zero-order chi connectivity index (χ0) is 14.7. The fraction of sp³-hybridized carbons (Fsp3) is 0.214. The lowest BCUT2D eigenvalue weighted by molar-refractivity contribution is -0.116. The van der Waals surface area contributed by atoms with Gasteiger partial charge in [-0.05, 0) is 18.1 Å². The van der Waals surface area contributed by atoms with Gasteiger partial charge in [0.25, 0.3) is 5.91 Å². The van der Waals surface area contributed by atoms with Crippen molar-refractivity contribution in [2.24, 2.45) is 0 Å². The molecule has 0 aliphatic heterocycles. The van der Waals surface area contributed by atoms with Crippen LogP contribution in [0.5, 0.6) is 0 Å². The molecular formula is C14H14N2O4. The van der Waals surface area contributed by atoms with Gasteiger partial charge in [-0.2, -0.15) is 0 Å². The summed E-state index contributed by atoms with van der Waals surface area (Å²) in [6, 6.07) is 4.96. The van der Waals surface area contributed by atoms with Crippen molar-refractivity contribution in [3.8, 4) is 0 Å². The Bertz CT molecular complexity index is 620. The van der Waals surface area contributed by atoms with Gasteiger partial charge in [-0.3, -0.25) is 14.9 Å². The molecule has 2 amide bonds. The summed E-state index contributed by atoms with van der Waals surface area (Å²) in [6.07, 6.45) is 1.35. The molecule has 1 aliphatic carbocycles. The Hall–Kier alpha value is -2.63. The van der Waals surface area contributed by atoms with Crippen LogP contribution in [-0.4, -0.2) is 31.9 Å². The molecule has 0 saturated carbocycles. The molecule has 2 N–H and O–H groups in total. The summed E-state index contributed by atoms with van der Waals surface area (Å²) < 4.78 is 4.53. The maximum Gasteiger partial charge on any atom is 0.411 e. The number of fused-ring (bicyclic) bond motifs is 1. The molecule has 0 fully saturated rings. The summed E-state index contributed by atoms with van der Waals surface area (Å²) in [7, 11) is 2.74. The molecular weight excluding hydrogens is 260 g/mol. The summed E-state index contributed by atoms with van der Waals surface area (Å²) in [5, 5.41) is 4.99. The van der Waals surface area contributed by atoms with Crippen LogP contribution >= 0.6 is 0 Å². The minimum atomic E-state index is -0.605. The van der Waals surface area contributed by atoms with Crippen molar-refractivity contribution in [1.82, 2.24) is 5.32 Å². The fourth-order valence-corrected chi connectivity index (χ4v) is 2.07. The highest BCUT2D eigenvalue weighted by molar-refractivity contribution is 6.27. The van der Waals surface area contributed by atoms with E-state index in [1.807, 2.05) is 0 Å². The molecule has 1 aromatic carbocycles. The van der Waals surface area contributed by atoms with Gasteiger partial charge in [0.1, 0.15) is 0 Å². The van der Waals surface area contributed by atoms with Crippen LogP contribution in [0.25, 0.3) is 0 Å². The second-order valence-electron chi connectivity index (χ2n) is 4.18. The molecule has 0 heterocycles. The average Bonchev–Trinajstić information content (AvgIpc) is 2.47. The van der Waals surface area contributed by atoms with E-state index in [0.29, 0.717) is 23.2 Å². The van der Waals surface area contributed by atoms with Crippen molar-refractivity contribution in [1.29, 1.82) is 0 Å². The van der Waals surface area contributed by atoms with Crippen molar-refractivity contribution in [3.63, 3.8) is 0 Å². The number of likely N-dealkylation sites (N-methyl/N-ethyl adjacent to an activating group) is 1. The monoisotopic (exact) mass is 274 g/mol. The number of rotatable bonds is 2. The summed E-state index contributed by atoms with van der Waals surface area (Å²) in [6.45, 7) is 0. The molecule has 2 rings (SSSR count). The van der Waals surface area contributed by atoms with Crippen molar-refractivity contribution >= 4 is 23.5 Å². The lowest BCUT2D eigenvalue weighted by Gasteiger charge is -2.18. The lowest BCUT2D eigenvalue weighted by Crippen LogP contribution is -2.28. The van der Waals surface area contributed by atoms with E-state index in [-0.39, 0.29) is 11.4 Å². The number of hydrogen-bond donors (Lipinski definition) is 2. The van der Waals surface area contributed by atoms with Crippen LogP contribution in [0, 0.1) is 0 Å². The molecule has 6 heteroatoms. The molecule has 6 nitrogen and oxygen atoms in total. The van der Waals surface area contributed by atoms with Crippen molar-refractivity contribution in [3.05, 3.63) is 41.0 Å². The third-order valence-corrected chi connectivity index (χ3v) is 3.07. The molecule has 20 heavy (non-hydrogen) atoms. The Kier molecular flexibility index (Phi) is 3.84. The molecule has 0 atom stereocenters. The first kappa shape index (κ1) is 13.8. The molecule has 0 unspecified atom stereocenters. The Balaban J connectivity index is 2.38. The second-order valence-corrected chi connectivity index (χ2v) is 4.18. The van der Waals surface area contributed by atoms with Gasteiger partial charge in [0.15, 0.2) is 5.78 Å². The van der Waals surface area contributed by atoms with E-state index >= 15 is 0 Å². The normalized spacial score (nSPS) is 13.1. The highest BCUT2D eigenvalue weighted by Crippen LogP contribution is 2.27. The Morgan fingerprint density at radius 2 is 2.05 bits per heavy atom. The number of amides is 2. The SMILES string of the molecule is CNC(=O)C1=CCc2c(NC(=O)OC)cccc2C1=O. The van der Waals surface area contributed by atoms with E-state index in [0.717, 1.165) is 0 Å². The Morgan fingerprint density at radius 1 is 1.30 bits per heavy atom. The number of Topliss-reactive ketones (excluding diaryl/α,β-unsaturated/α-hetero) is 1. The van der Waals surface area contributed by atoms with E-state index < -0.39 is 12.0 Å². The maximum atomic E-state index is 12.3. The number of carbonyl (C=O) groups excluding carboxylic acids is 3. The van der Waals surface area contributed by atoms with Crippen molar-refractivity contribution in [2.45, 2.75) is 6.42 Å². The topological polar surface area (TPSA) is 84.5 Å². The van der Waals surface area contributed by atoms with Crippen LogP contribution in [0.3, 0.4) is 0 Å². The Labute approximate surface area is 115 Å². The second kappa shape index (κ2) is 5.56. The van der Waals surface area contributed by atoms with E-state index in [2.05, 4.69) is 15.4 Å². The summed E-state index contributed by atoms with van der Waals surface area (Å²) in [4.78, 5) is 35.1. The Morgan fingerprint density at radius 3 is 2.70 bits per heavy atom. The third-order valence-electron chi connectivity index (χ3n) is 3.07. The zero-order valence-electron chi connectivity index (χ0n) is 11.1. The number of hydrogen-bond acceptors (Lipinski definition) is 4. The van der Waals surface area contributed by atoms with Gasteiger partial charge in [0, 0.05) is 18.3 Å². The van der Waals surface area contributed by atoms with Crippen LogP contribution < -0.4 is 10.6 Å². The standard InChI is InChI=1S/C14H14N2O4/c1-15-13(18)10-7-6-8-9(12(10)17)4-3-5-11(8)16-14(19)20-2/h3-5,7H,6H2,1-2H3,(H,15,18)(H,16,19). The van der Waals surface area contributed by atoms with Gasteiger partial charge in [-0.1, -0.05) is 18.2 Å². The molecule has 104 valence electrons. The first-order chi connectivity index (χ1) is 9.58. The largest absolute Gasteiger partial charge is 0.453 e. The average molecular weight is 274 g/mol. The summed E-state index contributed by atoms with van der Waals surface area (Å²) in [5.74, 6) is -0.758. The highest BCUT2D eigenvalue weighted by Gasteiger charge is 2.26. The highest BCUT2D eigenvalue weighted by atomic mass is 16.5. The molecule has 0 spiro atoms. The van der Waals surface area contributed by atoms with E-state index in [1.54, 1.807) is 24.3 Å². The smallest absolute Gasteiger partial charge is 0.411 e. The predicted octanol–water partition coefficient (Wildman–Crippen LogP) is 1.28. The van der Waals surface area contributed by atoms with Crippen LogP contribution in [0.2, 0.25) is 0 Å². The lowest BCUT2D eigenvalue weighted by atomic mass is 9.89. The van der Waals surface area contributed by atoms with Crippen LogP contribution in [0.4, 0.5) is 10.5 Å². The fourth-order valence-electron chi connectivity index (χ4n) is 2.07. The molecule has 0 aromatic heterocycles. The first-order valence-corrected chi connectivity index (χ1v) is 6.02. The molecule has 0 bridgehead atoms.